The van der Waals surface area contributed by atoms with Gasteiger partial charge in [0.2, 0.25) is 0 Å². The van der Waals surface area contributed by atoms with Gasteiger partial charge in [0.05, 0.1) is 11.4 Å². The predicted octanol–water partition coefficient (Wildman–Crippen LogP) is 2.38. The Morgan fingerprint density at radius 1 is 1.07 bits per heavy atom. The van der Waals surface area contributed by atoms with Gasteiger partial charge in [0, 0.05) is 49.4 Å². The van der Waals surface area contributed by atoms with Crippen LogP contribution >= 0.6 is 0 Å². The molecule has 4 heterocycles. The summed E-state index contributed by atoms with van der Waals surface area (Å²) in [5.74, 6) is 1.11. The molecule has 1 unspecified atom stereocenters. The van der Waals surface area contributed by atoms with E-state index in [1.165, 1.54) is 12.8 Å². The minimum atomic E-state index is 0.201. The largest absolute Gasteiger partial charge is 0.507 e. The Balaban J connectivity index is 1.34. The molecule has 2 fully saturated rings. The fraction of sp³-hybridized carbons (Fsp3) is 0.450. The normalized spacial score (nSPS) is 24.4. The Labute approximate surface area is 158 Å². The number of nitrogens with one attached hydrogen (secondary N) is 1. The fourth-order valence-corrected chi connectivity index (χ4v) is 4.41. The van der Waals surface area contributed by atoms with Crippen molar-refractivity contribution >= 4 is 17.7 Å². The number of aromatic hydroxyl groups is 1. The molecular weight excluding hydrogens is 340 g/mol. The highest BCUT2D eigenvalue weighted by atomic mass is 16.3. The molecule has 1 aromatic heterocycles. The average Bonchev–Trinajstić information content (AvgIpc) is 3.45. The highest BCUT2D eigenvalue weighted by Gasteiger charge is 2.40. The lowest BCUT2D eigenvalue weighted by molar-refractivity contribution is 0.418. The topological polar surface area (TPSA) is 76.9 Å². The van der Waals surface area contributed by atoms with Gasteiger partial charge in [-0.05, 0) is 50.1 Å². The zero-order valence-corrected chi connectivity index (χ0v) is 15.3. The Kier molecular flexibility index (Phi) is 3.97. The van der Waals surface area contributed by atoms with Crippen molar-refractivity contribution in [2.24, 2.45) is 5.10 Å². The molecule has 7 heteroatoms. The van der Waals surface area contributed by atoms with Crippen molar-refractivity contribution in [1.82, 2.24) is 15.5 Å². The lowest BCUT2D eigenvalue weighted by atomic mass is 9.97. The summed E-state index contributed by atoms with van der Waals surface area (Å²) in [5, 5.41) is 29.1. The molecule has 3 aliphatic heterocycles. The van der Waals surface area contributed by atoms with E-state index in [0.29, 0.717) is 11.3 Å². The van der Waals surface area contributed by atoms with Crippen LogP contribution in [0.25, 0.3) is 11.3 Å². The van der Waals surface area contributed by atoms with Crippen molar-refractivity contribution < 1.29 is 5.11 Å². The first-order valence-electron chi connectivity index (χ1n) is 9.70. The standard InChI is InChI=1S/C20H24N6O/c27-18-13-15(26-11-2-10-22-26)3-4-16(18)17-5-6-19(24-23-17)25-12-8-20(14-25)7-1-9-21-20/h3-6,10,13,21,27H,1-2,7-9,11-12,14H2. The van der Waals surface area contributed by atoms with E-state index in [-0.39, 0.29) is 11.3 Å². The number of anilines is 2. The first kappa shape index (κ1) is 16.5. The molecule has 0 saturated carbocycles. The Morgan fingerprint density at radius 3 is 2.74 bits per heavy atom. The molecule has 0 amide bonds. The lowest BCUT2D eigenvalue weighted by Gasteiger charge is -2.24. The van der Waals surface area contributed by atoms with Crippen molar-refractivity contribution in [3.05, 3.63) is 30.3 Å². The predicted molar refractivity (Wildman–Crippen MR) is 106 cm³/mol. The van der Waals surface area contributed by atoms with E-state index in [1.54, 1.807) is 6.07 Å². The minimum Gasteiger partial charge on any atom is -0.507 e. The van der Waals surface area contributed by atoms with Crippen LogP contribution in [-0.4, -0.2) is 53.2 Å². The third kappa shape index (κ3) is 3.02. The molecule has 2 aromatic rings. The number of hydrogen-bond donors (Lipinski definition) is 2. The van der Waals surface area contributed by atoms with Gasteiger partial charge < -0.3 is 15.3 Å². The van der Waals surface area contributed by atoms with Crippen LogP contribution < -0.4 is 15.2 Å². The summed E-state index contributed by atoms with van der Waals surface area (Å²) in [6.07, 6.45) is 6.49. The van der Waals surface area contributed by atoms with E-state index in [4.69, 9.17) is 0 Å². The minimum absolute atomic E-state index is 0.201. The molecular formula is C20H24N6O. The van der Waals surface area contributed by atoms with Crippen LogP contribution in [0.1, 0.15) is 25.7 Å². The van der Waals surface area contributed by atoms with Gasteiger partial charge in [-0.25, -0.2) is 0 Å². The molecule has 0 radical (unpaired) electrons. The van der Waals surface area contributed by atoms with E-state index in [0.717, 1.165) is 50.5 Å². The Hall–Kier alpha value is -2.67. The molecule has 5 rings (SSSR count). The van der Waals surface area contributed by atoms with Crippen LogP contribution in [0.5, 0.6) is 5.75 Å². The van der Waals surface area contributed by atoms with Crippen molar-refractivity contribution in [3.63, 3.8) is 0 Å². The van der Waals surface area contributed by atoms with Crippen LogP contribution in [0.3, 0.4) is 0 Å². The van der Waals surface area contributed by atoms with Crippen molar-refractivity contribution in [2.45, 2.75) is 31.2 Å². The Morgan fingerprint density at radius 2 is 2.04 bits per heavy atom. The first-order valence-corrected chi connectivity index (χ1v) is 9.70. The van der Waals surface area contributed by atoms with E-state index < -0.39 is 0 Å². The van der Waals surface area contributed by atoms with Crippen molar-refractivity contribution in [2.75, 3.05) is 36.1 Å². The van der Waals surface area contributed by atoms with Crippen molar-refractivity contribution in [1.29, 1.82) is 0 Å². The highest BCUT2D eigenvalue weighted by molar-refractivity contribution is 5.72. The lowest BCUT2D eigenvalue weighted by Crippen LogP contribution is -2.42. The maximum absolute atomic E-state index is 10.5. The van der Waals surface area contributed by atoms with Gasteiger partial charge in [0.1, 0.15) is 5.75 Å². The summed E-state index contributed by atoms with van der Waals surface area (Å²) in [7, 11) is 0. The van der Waals surface area contributed by atoms with Crippen LogP contribution in [0.15, 0.2) is 35.4 Å². The molecule has 0 bridgehead atoms. The maximum atomic E-state index is 10.5. The van der Waals surface area contributed by atoms with Gasteiger partial charge >= 0.3 is 0 Å². The molecule has 0 aliphatic carbocycles. The molecule has 3 aliphatic rings. The molecule has 7 nitrogen and oxygen atoms in total. The van der Waals surface area contributed by atoms with Gasteiger partial charge in [0.25, 0.3) is 0 Å². The highest BCUT2D eigenvalue weighted by Crippen LogP contribution is 2.34. The fourth-order valence-electron chi connectivity index (χ4n) is 4.41. The third-order valence-electron chi connectivity index (χ3n) is 5.91. The maximum Gasteiger partial charge on any atom is 0.151 e. The van der Waals surface area contributed by atoms with E-state index >= 15 is 0 Å². The number of aromatic nitrogens is 2. The summed E-state index contributed by atoms with van der Waals surface area (Å²) < 4.78 is 0. The summed E-state index contributed by atoms with van der Waals surface area (Å²) in [5.41, 5.74) is 2.53. The van der Waals surface area contributed by atoms with Gasteiger partial charge in [0.15, 0.2) is 5.82 Å². The summed E-state index contributed by atoms with van der Waals surface area (Å²) in [6.45, 7) is 3.98. The molecule has 1 aromatic carbocycles. The van der Waals surface area contributed by atoms with Crippen molar-refractivity contribution in [3.8, 4) is 17.0 Å². The second-order valence-electron chi connectivity index (χ2n) is 7.67. The first-order chi connectivity index (χ1) is 13.2. The van der Waals surface area contributed by atoms with Gasteiger partial charge in [-0.1, -0.05) is 0 Å². The molecule has 140 valence electrons. The number of nitrogens with zero attached hydrogens (tertiary/aromatic N) is 5. The van der Waals surface area contributed by atoms with E-state index in [1.807, 2.05) is 35.5 Å². The zero-order valence-electron chi connectivity index (χ0n) is 15.3. The molecule has 2 saturated heterocycles. The van der Waals surface area contributed by atoms with Gasteiger partial charge in [-0.3, -0.25) is 5.01 Å². The molecule has 27 heavy (non-hydrogen) atoms. The molecule has 1 atom stereocenters. The molecule has 1 spiro atoms. The van der Waals surface area contributed by atoms with Crippen LogP contribution in [0, 0.1) is 0 Å². The van der Waals surface area contributed by atoms with Crippen LogP contribution in [-0.2, 0) is 0 Å². The third-order valence-corrected chi connectivity index (χ3v) is 5.91. The number of hydrazone groups is 1. The van der Waals surface area contributed by atoms with Gasteiger partial charge in [-0.2, -0.15) is 5.10 Å². The quantitative estimate of drug-likeness (QED) is 0.871. The van der Waals surface area contributed by atoms with E-state index in [2.05, 4.69) is 25.5 Å². The number of benzene rings is 1. The molecule has 2 N–H and O–H groups in total. The zero-order chi connectivity index (χ0) is 18.3. The second-order valence-corrected chi connectivity index (χ2v) is 7.67. The summed E-state index contributed by atoms with van der Waals surface area (Å²) in [6, 6.07) is 9.54. The summed E-state index contributed by atoms with van der Waals surface area (Å²) >= 11 is 0. The number of rotatable bonds is 3. The van der Waals surface area contributed by atoms with E-state index in [9.17, 15) is 5.11 Å². The van der Waals surface area contributed by atoms with Crippen LogP contribution in [0.4, 0.5) is 11.5 Å². The number of hydrogen-bond acceptors (Lipinski definition) is 7. The average molecular weight is 364 g/mol. The number of phenolic OH excluding ortho intramolecular Hbond substituents is 1. The SMILES string of the molecule is Oc1cc(N2CCC=N2)ccc1-c1ccc(N2CCC3(CCCN3)C2)nn1. The second kappa shape index (κ2) is 6.49. The monoisotopic (exact) mass is 364 g/mol. The number of phenols is 1. The van der Waals surface area contributed by atoms with Gasteiger partial charge in [-0.15, -0.1) is 10.2 Å². The Bertz CT molecular complexity index is 859. The smallest absolute Gasteiger partial charge is 0.151 e. The van der Waals surface area contributed by atoms with Crippen LogP contribution in [0.2, 0.25) is 0 Å². The summed E-state index contributed by atoms with van der Waals surface area (Å²) in [4.78, 5) is 2.31.